The fourth-order valence-corrected chi connectivity index (χ4v) is 3.04. The molecule has 0 atom stereocenters. The van der Waals surface area contributed by atoms with Crippen molar-refractivity contribution in [3.63, 3.8) is 0 Å². The molecular weight excluding hydrogens is 232 g/mol. The van der Waals surface area contributed by atoms with Crippen LogP contribution in [0, 0.1) is 13.8 Å². The molecule has 3 rings (SSSR count). The SMILES string of the molecule is CC1(O)CC1.Cc1cccc(C)c1C1CCCCC1. The van der Waals surface area contributed by atoms with Crippen LogP contribution in [0.3, 0.4) is 0 Å². The van der Waals surface area contributed by atoms with Gasteiger partial charge >= 0.3 is 0 Å². The molecule has 0 aliphatic heterocycles. The van der Waals surface area contributed by atoms with Crippen molar-refractivity contribution in [2.24, 2.45) is 0 Å². The summed E-state index contributed by atoms with van der Waals surface area (Å²) in [5.41, 5.74) is 4.39. The van der Waals surface area contributed by atoms with E-state index < -0.39 is 0 Å². The van der Waals surface area contributed by atoms with Crippen LogP contribution < -0.4 is 0 Å². The smallest absolute Gasteiger partial charge is 0.0622 e. The van der Waals surface area contributed by atoms with Gasteiger partial charge in [-0.3, -0.25) is 0 Å². The van der Waals surface area contributed by atoms with Gasteiger partial charge in [-0.15, -0.1) is 0 Å². The van der Waals surface area contributed by atoms with Gasteiger partial charge in [-0.25, -0.2) is 0 Å². The summed E-state index contributed by atoms with van der Waals surface area (Å²) < 4.78 is 0. The van der Waals surface area contributed by atoms with Crippen molar-refractivity contribution in [3.8, 4) is 0 Å². The minimum Gasteiger partial charge on any atom is -0.390 e. The predicted octanol–water partition coefficient (Wildman–Crippen LogP) is 4.88. The number of aryl methyl sites for hydroxylation is 2. The van der Waals surface area contributed by atoms with Gasteiger partial charge in [0.2, 0.25) is 0 Å². The largest absolute Gasteiger partial charge is 0.390 e. The Labute approximate surface area is 118 Å². The van der Waals surface area contributed by atoms with Gasteiger partial charge in [0.25, 0.3) is 0 Å². The van der Waals surface area contributed by atoms with Gasteiger partial charge in [-0.2, -0.15) is 0 Å². The van der Waals surface area contributed by atoms with Gasteiger partial charge in [0, 0.05) is 0 Å². The van der Waals surface area contributed by atoms with E-state index in [0.717, 1.165) is 18.8 Å². The van der Waals surface area contributed by atoms with Crippen molar-refractivity contribution in [1.29, 1.82) is 0 Å². The first-order chi connectivity index (χ1) is 8.99. The Kier molecular flexibility index (Phi) is 4.67. The summed E-state index contributed by atoms with van der Waals surface area (Å²) in [4.78, 5) is 0. The lowest BCUT2D eigenvalue weighted by Gasteiger charge is -2.25. The molecule has 2 saturated carbocycles. The highest BCUT2D eigenvalue weighted by Crippen LogP contribution is 2.35. The Morgan fingerprint density at radius 3 is 1.89 bits per heavy atom. The maximum Gasteiger partial charge on any atom is 0.0622 e. The summed E-state index contributed by atoms with van der Waals surface area (Å²) in [7, 11) is 0. The maximum atomic E-state index is 8.63. The Bertz CT molecular complexity index is 387. The zero-order chi connectivity index (χ0) is 13.9. The molecule has 2 fully saturated rings. The monoisotopic (exact) mass is 260 g/mol. The third-order valence-corrected chi connectivity index (χ3v) is 4.53. The molecule has 0 unspecified atom stereocenters. The van der Waals surface area contributed by atoms with Crippen LogP contribution in [0.15, 0.2) is 18.2 Å². The van der Waals surface area contributed by atoms with Crippen molar-refractivity contribution in [2.45, 2.75) is 77.2 Å². The molecule has 2 aliphatic rings. The molecule has 0 aromatic heterocycles. The van der Waals surface area contributed by atoms with Crippen molar-refractivity contribution in [2.75, 3.05) is 0 Å². The minimum atomic E-state index is -0.250. The summed E-state index contributed by atoms with van der Waals surface area (Å²) >= 11 is 0. The summed E-state index contributed by atoms with van der Waals surface area (Å²) in [5, 5.41) is 8.63. The molecule has 1 nitrogen and oxygen atoms in total. The fraction of sp³-hybridized carbons (Fsp3) is 0.667. The molecule has 0 spiro atoms. The van der Waals surface area contributed by atoms with Crippen LogP contribution in [0.25, 0.3) is 0 Å². The first kappa shape index (κ1) is 14.6. The van der Waals surface area contributed by atoms with Crippen LogP contribution in [-0.4, -0.2) is 10.7 Å². The van der Waals surface area contributed by atoms with E-state index in [1.54, 1.807) is 5.56 Å². The van der Waals surface area contributed by atoms with E-state index >= 15 is 0 Å². The molecular formula is C18H28O. The molecule has 106 valence electrons. The zero-order valence-electron chi connectivity index (χ0n) is 12.7. The Morgan fingerprint density at radius 1 is 1.00 bits per heavy atom. The second-order valence-corrected chi connectivity index (χ2v) is 6.64. The number of benzene rings is 1. The number of hydrogen-bond donors (Lipinski definition) is 1. The molecule has 2 aliphatic carbocycles. The molecule has 0 saturated heterocycles. The number of aliphatic hydroxyl groups is 1. The highest BCUT2D eigenvalue weighted by atomic mass is 16.3. The predicted molar refractivity (Wildman–Crippen MR) is 81.6 cm³/mol. The molecule has 0 heterocycles. The van der Waals surface area contributed by atoms with E-state index in [2.05, 4.69) is 32.0 Å². The Morgan fingerprint density at radius 2 is 1.47 bits per heavy atom. The maximum absolute atomic E-state index is 8.63. The average molecular weight is 260 g/mol. The normalized spacial score (nSPS) is 21.5. The van der Waals surface area contributed by atoms with Gasteiger partial charge in [-0.1, -0.05) is 37.5 Å². The third-order valence-electron chi connectivity index (χ3n) is 4.53. The second-order valence-electron chi connectivity index (χ2n) is 6.64. The van der Waals surface area contributed by atoms with E-state index in [-0.39, 0.29) is 5.60 Å². The summed E-state index contributed by atoms with van der Waals surface area (Å²) in [5.74, 6) is 0.852. The Balaban J connectivity index is 0.000000224. The highest BCUT2D eigenvalue weighted by Gasteiger charge is 2.33. The molecule has 0 radical (unpaired) electrons. The summed E-state index contributed by atoms with van der Waals surface area (Å²) in [6.45, 7) is 6.38. The number of hydrogen-bond acceptors (Lipinski definition) is 1. The quantitative estimate of drug-likeness (QED) is 0.763. The average Bonchev–Trinajstić information content (AvgIpc) is 3.07. The molecule has 1 N–H and O–H groups in total. The molecule has 1 aromatic carbocycles. The van der Waals surface area contributed by atoms with Crippen LogP contribution >= 0.6 is 0 Å². The van der Waals surface area contributed by atoms with Gasteiger partial charge in [0.05, 0.1) is 5.60 Å². The topological polar surface area (TPSA) is 20.2 Å². The highest BCUT2D eigenvalue weighted by molar-refractivity contribution is 5.36. The van der Waals surface area contributed by atoms with Gasteiger partial charge in [0.1, 0.15) is 0 Å². The summed E-state index contributed by atoms with van der Waals surface area (Å²) in [6, 6.07) is 6.70. The zero-order valence-corrected chi connectivity index (χ0v) is 12.7. The van der Waals surface area contributed by atoms with E-state index in [1.165, 1.54) is 43.2 Å². The van der Waals surface area contributed by atoms with Crippen LogP contribution in [0.2, 0.25) is 0 Å². The first-order valence-electron chi connectivity index (χ1n) is 7.78. The number of rotatable bonds is 1. The van der Waals surface area contributed by atoms with Gasteiger partial charge < -0.3 is 5.11 Å². The van der Waals surface area contributed by atoms with Crippen LogP contribution in [0.4, 0.5) is 0 Å². The van der Waals surface area contributed by atoms with Crippen molar-refractivity contribution >= 4 is 0 Å². The van der Waals surface area contributed by atoms with Crippen molar-refractivity contribution in [3.05, 3.63) is 34.9 Å². The molecule has 19 heavy (non-hydrogen) atoms. The molecule has 0 amide bonds. The van der Waals surface area contributed by atoms with Gasteiger partial charge in [-0.05, 0) is 69.1 Å². The molecule has 1 aromatic rings. The summed E-state index contributed by atoms with van der Waals surface area (Å²) in [6.07, 6.45) is 9.13. The fourth-order valence-electron chi connectivity index (χ4n) is 3.04. The van der Waals surface area contributed by atoms with Crippen LogP contribution in [-0.2, 0) is 0 Å². The van der Waals surface area contributed by atoms with E-state index in [0.29, 0.717) is 0 Å². The third kappa shape index (κ3) is 4.35. The van der Waals surface area contributed by atoms with Crippen molar-refractivity contribution in [1.82, 2.24) is 0 Å². The molecule has 1 heteroatoms. The molecule has 0 bridgehead atoms. The van der Waals surface area contributed by atoms with Crippen LogP contribution in [0.5, 0.6) is 0 Å². The van der Waals surface area contributed by atoms with E-state index in [9.17, 15) is 0 Å². The lowest BCUT2D eigenvalue weighted by molar-refractivity contribution is 0.172. The second kappa shape index (κ2) is 6.09. The van der Waals surface area contributed by atoms with E-state index in [4.69, 9.17) is 5.11 Å². The first-order valence-corrected chi connectivity index (χ1v) is 7.78. The van der Waals surface area contributed by atoms with Gasteiger partial charge in [0.15, 0.2) is 0 Å². The lowest BCUT2D eigenvalue weighted by atomic mass is 9.80. The lowest BCUT2D eigenvalue weighted by Crippen LogP contribution is -2.07. The minimum absolute atomic E-state index is 0.250. The Hall–Kier alpha value is -0.820. The van der Waals surface area contributed by atoms with E-state index in [1.807, 2.05) is 6.92 Å². The standard InChI is InChI=1S/C14H20.C4H8O/c1-11-7-6-8-12(2)14(11)13-9-4-3-5-10-13;1-4(5)2-3-4/h6-8,13H,3-5,9-10H2,1-2H3;5H,2-3H2,1H3. The van der Waals surface area contributed by atoms with Crippen LogP contribution in [0.1, 0.15) is 74.5 Å². The van der Waals surface area contributed by atoms with Crippen molar-refractivity contribution < 1.29 is 5.11 Å².